The summed E-state index contributed by atoms with van der Waals surface area (Å²) >= 11 is 1.72. The average molecular weight is 185 g/mol. The van der Waals surface area contributed by atoms with E-state index in [1.165, 1.54) is 9.75 Å². The predicted molar refractivity (Wildman–Crippen MR) is 52.4 cm³/mol. The fourth-order valence-corrected chi connectivity index (χ4v) is 2.28. The van der Waals surface area contributed by atoms with E-state index in [1.54, 1.807) is 11.3 Å². The monoisotopic (exact) mass is 185 g/mol. The molecule has 0 saturated heterocycles. The van der Waals surface area contributed by atoms with Gasteiger partial charge in [-0.1, -0.05) is 0 Å². The molecule has 12 heavy (non-hydrogen) atoms. The first-order valence-corrected chi connectivity index (χ1v) is 4.92. The van der Waals surface area contributed by atoms with E-state index in [0.717, 1.165) is 5.56 Å². The van der Waals surface area contributed by atoms with Crippen molar-refractivity contribution in [2.45, 2.75) is 26.4 Å². The van der Waals surface area contributed by atoms with Crippen LogP contribution in [0.15, 0.2) is 6.07 Å². The quantitative estimate of drug-likeness (QED) is 0.753. The summed E-state index contributed by atoms with van der Waals surface area (Å²) in [4.78, 5) is 2.45. The summed E-state index contributed by atoms with van der Waals surface area (Å²) in [6.45, 7) is 4.62. The third-order valence-electron chi connectivity index (χ3n) is 1.88. The van der Waals surface area contributed by atoms with Crippen LogP contribution in [0, 0.1) is 13.8 Å². The van der Waals surface area contributed by atoms with Gasteiger partial charge in [-0.15, -0.1) is 11.3 Å². The molecule has 0 bridgehead atoms. The topological polar surface area (TPSA) is 46.2 Å². The second kappa shape index (κ2) is 4.03. The Morgan fingerprint density at radius 2 is 2.25 bits per heavy atom. The Labute approximate surface area is 77.0 Å². The molecule has 2 nitrogen and oxygen atoms in total. The largest absolute Gasteiger partial charge is 0.388 e. The highest BCUT2D eigenvalue weighted by Crippen LogP contribution is 2.27. The third-order valence-corrected chi connectivity index (χ3v) is 2.86. The lowest BCUT2D eigenvalue weighted by Crippen LogP contribution is -2.06. The molecule has 3 N–H and O–H groups in total. The summed E-state index contributed by atoms with van der Waals surface area (Å²) in [6.07, 6.45) is 0.275. The second-order valence-corrected chi connectivity index (χ2v) is 4.42. The van der Waals surface area contributed by atoms with Crippen molar-refractivity contribution in [2.24, 2.45) is 5.73 Å². The molecular weight excluding hydrogens is 170 g/mol. The molecule has 0 spiro atoms. The van der Waals surface area contributed by atoms with E-state index in [1.807, 2.05) is 13.0 Å². The van der Waals surface area contributed by atoms with Gasteiger partial charge in [0.2, 0.25) is 0 Å². The van der Waals surface area contributed by atoms with Gasteiger partial charge in [0.05, 0.1) is 6.10 Å². The molecule has 1 heterocycles. The number of hydrogen-bond acceptors (Lipinski definition) is 3. The van der Waals surface area contributed by atoms with Crippen LogP contribution in [-0.2, 0) is 0 Å². The van der Waals surface area contributed by atoms with Gasteiger partial charge in [-0.3, -0.25) is 0 Å². The van der Waals surface area contributed by atoms with E-state index in [2.05, 4.69) is 6.92 Å². The smallest absolute Gasteiger partial charge is 0.0812 e. The lowest BCUT2D eigenvalue weighted by atomic mass is 10.1. The van der Waals surface area contributed by atoms with Crippen molar-refractivity contribution in [1.82, 2.24) is 0 Å². The molecule has 0 saturated carbocycles. The minimum atomic E-state index is -0.375. The van der Waals surface area contributed by atoms with Crippen LogP contribution in [0.5, 0.6) is 0 Å². The Morgan fingerprint density at radius 1 is 1.58 bits per heavy atom. The van der Waals surface area contributed by atoms with Gasteiger partial charge in [-0.2, -0.15) is 0 Å². The van der Waals surface area contributed by atoms with E-state index < -0.39 is 0 Å². The molecule has 0 aliphatic carbocycles. The van der Waals surface area contributed by atoms with E-state index in [9.17, 15) is 5.11 Å². The molecular formula is C9H15NOS. The summed E-state index contributed by atoms with van der Waals surface area (Å²) in [5.41, 5.74) is 6.41. The first kappa shape index (κ1) is 9.71. The van der Waals surface area contributed by atoms with Crippen molar-refractivity contribution in [2.75, 3.05) is 6.54 Å². The zero-order chi connectivity index (χ0) is 9.14. The molecule has 1 atom stereocenters. The maximum Gasteiger partial charge on any atom is 0.0812 e. The fraction of sp³-hybridized carbons (Fsp3) is 0.556. The zero-order valence-corrected chi connectivity index (χ0v) is 8.32. The van der Waals surface area contributed by atoms with Crippen LogP contribution in [-0.4, -0.2) is 11.7 Å². The summed E-state index contributed by atoms with van der Waals surface area (Å²) in [7, 11) is 0. The Morgan fingerprint density at radius 3 is 2.67 bits per heavy atom. The Hall–Kier alpha value is -0.380. The number of thiophene rings is 1. The number of aryl methyl sites for hydroxylation is 2. The maximum atomic E-state index is 9.64. The van der Waals surface area contributed by atoms with Gasteiger partial charge in [-0.25, -0.2) is 0 Å². The SMILES string of the molecule is Cc1cc(C(O)CCN)c(C)s1. The minimum absolute atomic E-state index is 0.375. The normalized spacial score (nSPS) is 13.3. The Kier molecular flexibility index (Phi) is 3.26. The standard InChI is InChI=1S/C9H15NOS/c1-6-5-8(7(2)12-6)9(11)3-4-10/h5,9,11H,3-4,10H2,1-2H3. The minimum Gasteiger partial charge on any atom is -0.388 e. The van der Waals surface area contributed by atoms with Crippen molar-refractivity contribution in [1.29, 1.82) is 0 Å². The van der Waals surface area contributed by atoms with Gasteiger partial charge in [0.1, 0.15) is 0 Å². The summed E-state index contributed by atoms with van der Waals surface area (Å²) in [5, 5.41) is 9.64. The maximum absolute atomic E-state index is 9.64. The van der Waals surface area contributed by atoms with Gasteiger partial charge in [0.15, 0.2) is 0 Å². The van der Waals surface area contributed by atoms with Gasteiger partial charge in [-0.05, 0) is 38.4 Å². The van der Waals surface area contributed by atoms with E-state index in [0.29, 0.717) is 13.0 Å². The fourth-order valence-electron chi connectivity index (χ4n) is 1.29. The Balaban J connectivity index is 2.79. The van der Waals surface area contributed by atoms with Gasteiger partial charge >= 0.3 is 0 Å². The van der Waals surface area contributed by atoms with Crippen LogP contribution < -0.4 is 5.73 Å². The van der Waals surface area contributed by atoms with E-state index in [-0.39, 0.29) is 6.10 Å². The summed E-state index contributed by atoms with van der Waals surface area (Å²) in [6, 6.07) is 2.04. The van der Waals surface area contributed by atoms with Crippen LogP contribution in [0.3, 0.4) is 0 Å². The van der Waals surface area contributed by atoms with Crippen molar-refractivity contribution in [3.05, 3.63) is 21.4 Å². The highest BCUT2D eigenvalue weighted by atomic mass is 32.1. The van der Waals surface area contributed by atoms with Crippen molar-refractivity contribution in [3.63, 3.8) is 0 Å². The van der Waals surface area contributed by atoms with Crippen LogP contribution in [0.4, 0.5) is 0 Å². The number of hydrogen-bond donors (Lipinski definition) is 2. The predicted octanol–water partition coefficient (Wildman–Crippen LogP) is 1.75. The molecule has 0 amide bonds. The van der Waals surface area contributed by atoms with Crippen molar-refractivity contribution >= 4 is 11.3 Å². The molecule has 1 rings (SSSR count). The number of aliphatic hydroxyl groups excluding tert-OH is 1. The van der Waals surface area contributed by atoms with Gasteiger partial charge in [0, 0.05) is 9.75 Å². The molecule has 0 aliphatic heterocycles. The molecule has 0 radical (unpaired) electrons. The molecule has 68 valence electrons. The van der Waals surface area contributed by atoms with Gasteiger partial charge < -0.3 is 10.8 Å². The van der Waals surface area contributed by atoms with Gasteiger partial charge in [0.25, 0.3) is 0 Å². The van der Waals surface area contributed by atoms with E-state index in [4.69, 9.17) is 5.73 Å². The number of aliphatic hydroxyl groups is 1. The lowest BCUT2D eigenvalue weighted by Gasteiger charge is -2.07. The molecule has 0 fully saturated rings. The summed E-state index contributed by atoms with van der Waals surface area (Å²) in [5.74, 6) is 0. The highest BCUT2D eigenvalue weighted by molar-refractivity contribution is 7.12. The van der Waals surface area contributed by atoms with Crippen LogP contribution in [0.2, 0.25) is 0 Å². The Bertz CT molecular complexity index is 257. The molecule has 1 aromatic rings. The highest BCUT2D eigenvalue weighted by Gasteiger charge is 2.11. The number of nitrogens with two attached hydrogens (primary N) is 1. The first-order valence-electron chi connectivity index (χ1n) is 4.10. The molecule has 0 aromatic carbocycles. The second-order valence-electron chi connectivity index (χ2n) is 2.96. The lowest BCUT2D eigenvalue weighted by molar-refractivity contribution is 0.170. The van der Waals surface area contributed by atoms with Crippen molar-refractivity contribution < 1.29 is 5.11 Å². The molecule has 1 aromatic heterocycles. The van der Waals surface area contributed by atoms with Crippen molar-refractivity contribution in [3.8, 4) is 0 Å². The average Bonchev–Trinajstić information content (AvgIpc) is 2.30. The third kappa shape index (κ3) is 2.06. The zero-order valence-electron chi connectivity index (χ0n) is 7.50. The molecule has 0 aliphatic rings. The number of rotatable bonds is 3. The van der Waals surface area contributed by atoms with Crippen LogP contribution >= 0.6 is 11.3 Å². The van der Waals surface area contributed by atoms with Crippen LogP contribution in [0.1, 0.15) is 27.8 Å². The first-order chi connectivity index (χ1) is 5.65. The van der Waals surface area contributed by atoms with E-state index >= 15 is 0 Å². The molecule has 1 unspecified atom stereocenters. The van der Waals surface area contributed by atoms with Crippen LogP contribution in [0.25, 0.3) is 0 Å². The molecule has 3 heteroatoms. The summed E-state index contributed by atoms with van der Waals surface area (Å²) < 4.78 is 0.